The fourth-order valence-corrected chi connectivity index (χ4v) is 3.23. The molecular formula is C21H21N5O2. The molecule has 2 aromatic carbocycles. The van der Waals surface area contributed by atoms with E-state index in [0.29, 0.717) is 18.9 Å². The average Bonchev–Trinajstić information content (AvgIpc) is 3.31. The minimum absolute atomic E-state index is 0.132. The van der Waals surface area contributed by atoms with E-state index >= 15 is 0 Å². The Labute approximate surface area is 162 Å². The number of amides is 3. The molecule has 0 aliphatic carbocycles. The van der Waals surface area contributed by atoms with Crippen LogP contribution < -0.4 is 10.6 Å². The van der Waals surface area contributed by atoms with Crippen molar-refractivity contribution in [2.24, 2.45) is 0 Å². The molecule has 3 amide bonds. The van der Waals surface area contributed by atoms with E-state index in [1.807, 2.05) is 67.6 Å². The number of urea groups is 1. The number of benzene rings is 2. The molecule has 1 atom stereocenters. The predicted molar refractivity (Wildman–Crippen MR) is 107 cm³/mol. The minimum Gasteiger partial charge on any atom is -0.314 e. The fraction of sp³-hybridized carbons (Fsp3) is 0.190. The van der Waals surface area contributed by atoms with Crippen LogP contribution in [0.2, 0.25) is 0 Å². The number of aromatic nitrogens is 2. The zero-order valence-corrected chi connectivity index (χ0v) is 15.5. The van der Waals surface area contributed by atoms with Crippen molar-refractivity contribution in [3.05, 3.63) is 77.5 Å². The highest BCUT2D eigenvalue weighted by atomic mass is 16.2. The van der Waals surface area contributed by atoms with Crippen LogP contribution in [0.25, 0.3) is 0 Å². The Morgan fingerprint density at radius 1 is 1.00 bits per heavy atom. The minimum atomic E-state index is -0.299. The standard InChI is InChI=1S/C21H21N5O2/c1-14(15-8-4-2-5-9-15)20(27)23-19-17-12-26(13-18(17)24-25-19)21(28)22-16-10-6-3-7-11-16/h2-11,14H,12-13H2,1H3,(H,22,28)(H2,23,24,25,27). The molecule has 0 fully saturated rings. The van der Waals surface area contributed by atoms with Gasteiger partial charge in [-0.05, 0) is 24.6 Å². The molecule has 3 N–H and O–H groups in total. The van der Waals surface area contributed by atoms with Crippen molar-refractivity contribution in [1.82, 2.24) is 15.1 Å². The van der Waals surface area contributed by atoms with Gasteiger partial charge in [-0.3, -0.25) is 9.89 Å². The molecule has 7 nitrogen and oxygen atoms in total. The molecule has 1 aliphatic rings. The van der Waals surface area contributed by atoms with Gasteiger partial charge in [0.15, 0.2) is 5.82 Å². The van der Waals surface area contributed by atoms with E-state index < -0.39 is 0 Å². The van der Waals surface area contributed by atoms with E-state index in [0.717, 1.165) is 22.5 Å². The van der Waals surface area contributed by atoms with Crippen LogP contribution in [0, 0.1) is 0 Å². The molecule has 1 aromatic heterocycles. The van der Waals surface area contributed by atoms with Crippen LogP contribution in [0.3, 0.4) is 0 Å². The summed E-state index contributed by atoms with van der Waals surface area (Å²) in [7, 11) is 0. The molecule has 1 unspecified atom stereocenters. The first-order chi connectivity index (χ1) is 13.6. The number of carbonyl (C=O) groups excluding carboxylic acids is 2. The molecular weight excluding hydrogens is 354 g/mol. The number of para-hydroxylation sites is 1. The molecule has 0 bridgehead atoms. The van der Waals surface area contributed by atoms with E-state index in [-0.39, 0.29) is 17.9 Å². The van der Waals surface area contributed by atoms with Crippen molar-refractivity contribution in [3.8, 4) is 0 Å². The Kier molecular flexibility index (Phi) is 4.80. The Balaban J connectivity index is 1.41. The van der Waals surface area contributed by atoms with E-state index in [1.54, 1.807) is 4.90 Å². The summed E-state index contributed by atoms with van der Waals surface area (Å²) in [5, 5.41) is 12.9. The lowest BCUT2D eigenvalue weighted by atomic mass is 10.0. The summed E-state index contributed by atoms with van der Waals surface area (Å²) in [4.78, 5) is 26.8. The number of hydrogen-bond acceptors (Lipinski definition) is 3. The van der Waals surface area contributed by atoms with Crippen LogP contribution in [0.4, 0.5) is 16.3 Å². The van der Waals surface area contributed by atoms with Gasteiger partial charge in [-0.2, -0.15) is 5.10 Å². The van der Waals surface area contributed by atoms with Crippen LogP contribution in [0.15, 0.2) is 60.7 Å². The SMILES string of the molecule is CC(C(=O)Nc1n[nH]c2c1CN(C(=O)Nc1ccccc1)C2)c1ccccc1. The lowest BCUT2D eigenvalue weighted by Crippen LogP contribution is -2.30. The number of aromatic amines is 1. The maximum atomic E-state index is 12.6. The molecule has 0 spiro atoms. The second-order valence-corrected chi connectivity index (χ2v) is 6.80. The number of nitrogens with one attached hydrogen (secondary N) is 3. The van der Waals surface area contributed by atoms with Gasteiger partial charge in [-0.1, -0.05) is 48.5 Å². The van der Waals surface area contributed by atoms with Gasteiger partial charge in [0.25, 0.3) is 0 Å². The van der Waals surface area contributed by atoms with Crippen molar-refractivity contribution in [2.45, 2.75) is 25.9 Å². The zero-order valence-electron chi connectivity index (χ0n) is 15.5. The highest BCUT2D eigenvalue weighted by Gasteiger charge is 2.29. The normalized spacial score (nSPS) is 13.7. The van der Waals surface area contributed by atoms with Crippen LogP contribution in [0.5, 0.6) is 0 Å². The zero-order chi connectivity index (χ0) is 19.5. The molecule has 7 heteroatoms. The summed E-state index contributed by atoms with van der Waals surface area (Å²) in [5.74, 6) is 0.0536. The quantitative estimate of drug-likeness (QED) is 0.649. The van der Waals surface area contributed by atoms with Gasteiger partial charge in [0.2, 0.25) is 5.91 Å². The molecule has 0 radical (unpaired) electrons. The van der Waals surface area contributed by atoms with Crippen LogP contribution in [0.1, 0.15) is 29.7 Å². The summed E-state index contributed by atoms with van der Waals surface area (Å²) in [6.07, 6.45) is 0. The second kappa shape index (κ2) is 7.56. The Morgan fingerprint density at radius 2 is 1.68 bits per heavy atom. The largest absolute Gasteiger partial charge is 0.322 e. The molecule has 1 aliphatic heterocycles. The number of fused-ring (bicyclic) bond motifs is 1. The lowest BCUT2D eigenvalue weighted by molar-refractivity contribution is -0.117. The van der Waals surface area contributed by atoms with Crippen molar-refractivity contribution in [3.63, 3.8) is 0 Å². The Hall–Kier alpha value is -3.61. The monoisotopic (exact) mass is 375 g/mol. The molecule has 0 saturated carbocycles. The third kappa shape index (κ3) is 3.59. The molecule has 0 saturated heterocycles. The van der Waals surface area contributed by atoms with Gasteiger partial charge in [0, 0.05) is 11.3 Å². The molecule has 142 valence electrons. The predicted octanol–water partition coefficient (Wildman–Crippen LogP) is 3.70. The summed E-state index contributed by atoms with van der Waals surface area (Å²) in [6, 6.07) is 18.7. The smallest absolute Gasteiger partial charge is 0.314 e. The van der Waals surface area contributed by atoms with E-state index in [2.05, 4.69) is 20.8 Å². The van der Waals surface area contributed by atoms with Gasteiger partial charge in [-0.25, -0.2) is 4.79 Å². The average molecular weight is 375 g/mol. The van der Waals surface area contributed by atoms with Gasteiger partial charge < -0.3 is 15.5 Å². The van der Waals surface area contributed by atoms with Crippen molar-refractivity contribution in [2.75, 3.05) is 10.6 Å². The number of rotatable bonds is 4. The first-order valence-corrected chi connectivity index (χ1v) is 9.14. The number of H-pyrrole nitrogens is 1. The van der Waals surface area contributed by atoms with Crippen LogP contribution >= 0.6 is 0 Å². The Bertz CT molecular complexity index is 985. The third-order valence-corrected chi connectivity index (χ3v) is 4.90. The second-order valence-electron chi connectivity index (χ2n) is 6.80. The van der Waals surface area contributed by atoms with Crippen LogP contribution in [-0.2, 0) is 17.9 Å². The first kappa shape index (κ1) is 17.8. The number of carbonyl (C=O) groups is 2. The summed E-state index contributed by atoms with van der Waals surface area (Å²) in [6.45, 7) is 2.67. The van der Waals surface area contributed by atoms with Gasteiger partial charge >= 0.3 is 6.03 Å². The number of nitrogens with zero attached hydrogens (tertiary/aromatic N) is 2. The molecule has 4 rings (SSSR count). The highest BCUT2D eigenvalue weighted by molar-refractivity contribution is 5.96. The van der Waals surface area contributed by atoms with Crippen molar-refractivity contribution in [1.29, 1.82) is 0 Å². The van der Waals surface area contributed by atoms with E-state index in [4.69, 9.17) is 0 Å². The number of anilines is 2. The van der Waals surface area contributed by atoms with E-state index in [1.165, 1.54) is 0 Å². The highest BCUT2D eigenvalue weighted by Crippen LogP contribution is 2.28. The van der Waals surface area contributed by atoms with Gasteiger partial charge in [-0.15, -0.1) is 0 Å². The molecule has 2 heterocycles. The first-order valence-electron chi connectivity index (χ1n) is 9.14. The lowest BCUT2D eigenvalue weighted by Gasteiger charge is -2.17. The van der Waals surface area contributed by atoms with Gasteiger partial charge in [0.05, 0.1) is 24.7 Å². The van der Waals surface area contributed by atoms with Crippen molar-refractivity contribution < 1.29 is 9.59 Å². The summed E-state index contributed by atoms with van der Waals surface area (Å²) >= 11 is 0. The summed E-state index contributed by atoms with van der Waals surface area (Å²) < 4.78 is 0. The number of hydrogen-bond donors (Lipinski definition) is 3. The fourth-order valence-electron chi connectivity index (χ4n) is 3.23. The van der Waals surface area contributed by atoms with E-state index in [9.17, 15) is 9.59 Å². The van der Waals surface area contributed by atoms with Crippen LogP contribution in [-0.4, -0.2) is 27.0 Å². The molecule has 28 heavy (non-hydrogen) atoms. The maximum Gasteiger partial charge on any atom is 0.322 e. The van der Waals surface area contributed by atoms with Gasteiger partial charge in [0.1, 0.15) is 0 Å². The Morgan fingerprint density at radius 3 is 2.39 bits per heavy atom. The summed E-state index contributed by atoms with van der Waals surface area (Å²) in [5.41, 5.74) is 3.37. The topological polar surface area (TPSA) is 90.1 Å². The third-order valence-electron chi connectivity index (χ3n) is 4.90. The van der Waals surface area contributed by atoms with Crippen molar-refractivity contribution >= 4 is 23.4 Å². The molecule has 3 aromatic rings. The maximum absolute atomic E-state index is 12.6.